The summed E-state index contributed by atoms with van der Waals surface area (Å²) in [6.45, 7) is 6.34. The zero-order valence-electron chi connectivity index (χ0n) is 34.3. The van der Waals surface area contributed by atoms with Crippen LogP contribution in [0.2, 0.25) is 10.6 Å². The van der Waals surface area contributed by atoms with Crippen LogP contribution in [0.15, 0.2) is 12.7 Å². The van der Waals surface area contributed by atoms with Gasteiger partial charge in [0.2, 0.25) is 22.3 Å². The molecule has 2 fully saturated rings. The van der Waals surface area contributed by atoms with E-state index in [2.05, 4.69) is 29.9 Å². The monoisotopic (exact) mass is 988 g/mol. The van der Waals surface area contributed by atoms with E-state index in [1.165, 1.54) is 31.6 Å². The second kappa shape index (κ2) is 20.8. The van der Waals surface area contributed by atoms with E-state index in [0.717, 1.165) is 0 Å². The fourth-order valence-corrected chi connectivity index (χ4v) is 8.57. The fraction of sp³-hybridized carbons (Fsp3) is 0.625. The molecule has 0 aromatic carbocycles. The number of hydrogen-bond donors (Lipinski definition) is 10. The molecule has 356 valence electrons. The van der Waals surface area contributed by atoms with E-state index in [4.69, 9.17) is 53.6 Å². The summed E-state index contributed by atoms with van der Waals surface area (Å²) in [5.74, 6) is -5.92. The SMILES string of the molecule is CCN(CC)C(=O)[C@@H](OC[C@H]1O[C@@H](n2cnc3c(N)nc(Cl)nc32)[C@H](O)[C@@H]1O)P(=O)(O)O.CCN(CC)C(=O)[C@H](OC[C@H]1O[C@@H](n2cnc3c(N)nc(Cl)nc32)[C@H](O)[C@@H]1O)P(=O)(O)O. The number of carbonyl (C=O) groups is 2. The van der Waals surface area contributed by atoms with Crippen molar-refractivity contribution in [1.82, 2.24) is 48.8 Å². The van der Waals surface area contributed by atoms with Crippen molar-refractivity contribution in [1.29, 1.82) is 0 Å². The number of anilines is 2. The summed E-state index contributed by atoms with van der Waals surface area (Å²) < 4.78 is 48.0. The van der Waals surface area contributed by atoms with E-state index in [-0.39, 0.29) is 70.7 Å². The third kappa shape index (κ3) is 10.9. The van der Waals surface area contributed by atoms with Gasteiger partial charge in [-0.3, -0.25) is 27.9 Å². The van der Waals surface area contributed by atoms with Crippen LogP contribution in [0, 0.1) is 0 Å². The lowest BCUT2D eigenvalue weighted by Crippen LogP contribution is -2.42. The molecule has 10 atom stereocenters. The lowest BCUT2D eigenvalue weighted by molar-refractivity contribution is -0.143. The predicted molar refractivity (Wildman–Crippen MR) is 221 cm³/mol. The minimum atomic E-state index is -4.98. The number of aliphatic hydroxyl groups excluding tert-OH is 4. The van der Waals surface area contributed by atoms with Crippen LogP contribution in [0.1, 0.15) is 40.2 Å². The number of amides is 2. The van der Waals surface area contributed by atoms with Gasteiger partial charge >= 0.3 is 15.2 Å². The Bertz CT molecular complexity index is 2220. The van der Waals surface area contributed by atoms with Crippen LogP contribution in [0.3, 0.4) is 0 Å². The molecule has 6 heterocycles. The number of carbonyl (C=O) groups excluding carboxylic acids is 2. The number of aliphatic hydroxyl groups is 4. The van der Waals surface area contributed by atoms with Crippen molar-refractivity contribution in [2.45, 2.75) is 88.5 Å². The highest BCUT2D eigenvalue weighted by Crippen LogP contribution is 2.45. The van der Waals surface area contributed by atoms with E-state index in [9.17, 15) is 58.7 Å². The molecule has 2 aliphatic rings. The minimum Gasteiger partial charge on any atom is -0.387 e. The van der Waals surface area contributed by atoms with Gasteiger partial charge in [0.15, 0.2) is 35.4 Å². The minimum absolute atomic E-state index is 0.00562. The van der Waals surface area contributed by atoms with Crippen molar-refractivity contribution < 1.29 is 77.7 Å². The standard InChI is InChI=1S/2C16H24ClN6O8P/c2*1-3-22(4-2)13(26)15(32(27,28)29)30-5-7-9(24)10(25)14(31-7)23-6-19-8-11(18)20-16(17)21-12(8)23/h2*6-7,9-10,14-15,24-25H,3-5H2,1-2H3,(H2,18,20,21)(H2,27,28,29)/t7-,9-,10-,14-,15+;7-,9-,10-,14-,15-/m11/s1. The number of ether oxygens (including phenoxy) is 4. The van der Waals surface area contributed by atoms with Gasteiger partial charge in [-0.05, 0) is 50.9 Å². The van der Waals surface area contributed by atoms with Gasteiger partial charge in [0.05, 0.1) is 25.9 Å². The van der Waals surface area contributed by atoms with Gasteiger partial charge in [0.1, 0.15) is 47.7 Å². The topological polar surface area (TPSA) is 413 Å². The molecule has 0 radical (unpaired) electrons. The number of aromatic nitrogens is 8. The maximum Gasteiger partial charge on any atom is 0.363 e. The van der Waals surface area contributed by atoms with Crippen molar-refractivity contribution in [2.75, 3.05) is 50.9 Å². The maximum absolute atomic E-state index is 12.5. The average molecular weight is 990 g/mol. The van der Waals surface area contributed by atoms with Gasteiger partial charge in [-0.2, -0.15) is 19.9 Å². The summed E-state index contributed by atoms with van der Waals surface area (Å²) >= 11 is 11.7. The van der Waals surface area contributed by atoms with Crippen LogP contribution in [0.5, 0.6) is 0 Å². The molecule has 32 heteroatoms. The molecule has 6 rings (SSSR count). The highest BCUT2D eigenvalue weighted by Gasteiger charge is 2.48. The third-order valence-corrected chi connectivity index (χ3v) is 12.4. The Morgan fingerprint density at radius 1 is 0.672 bits per heavy atom. The van der Waals surface area contributed by atoms with E-state index in [1.807, 2.05) is 0 Å². The zero-order valence-corrected chi connectivity index (χ0v) is 37.6. The number of nitrogens with zero attached hydrogens (tertiary/aromatic N) is 10. The highest BCUT2D eigenvalue weighted by molar-refractivity contribution is 7.53. The number of halogens is 2. The molecular formula is C32H48Cl2N12O16P2. The largest absolute Gasteiger partial charge is 0.387 e. The van der Waals surface area contributed by atoms with E-state index in [0.29, 0.717) is 0 Å². The van der Waals surface area contributed by atoms with Crippen LogP contribution in [0.4, 0.5) is 11.6 Å². The predicted octanol–water partition coefficient (Wildman–Crippen LogP) is -1.86. The first-order chi connectivity index (χ1) is 30.0. The summed E-state index contributed by atoms with van der Waals surface area (Å²) in [5, 5.41) is 41.4. The van der Waals surface area contributed by atoms with Gasteiger partial charge in [-0.1, -0.05) is 0 Å². The Hall–Kier alpha value is -3.80. The van der Waals surface area contributed by atoms with Gasteiger partial charge in [-0.15, -0.1) is 0 Å². The molecule has 0 saturated carbocycles. The molecular weight excluding hydrogens is 941 g/mol. The summed E-state index contributed by atoms with van der Waals surface area (Å²) in [7, 11) is -9.97. The summed E-state index contributed by atoms with van der Waals surface area (Å²) in [6.07, 6.45) is -8.29. The molecule has 0 unspecified atom stereocenters. The van der Waals surface area contributed by atoms with Crippen LogP contribution in [-0.2, 0) is 37.7 Å². The average Bonchev–Trinajstić information content (AvgIpc) is 3.97. The van der Waals surface area contributed by atoms with Crippen molar-refractivity contribution in [3.63, 3.8) is 0 Å². The Morgan fingerprint density at radius 2 is 1.00 bits per heavy atom. The number of imidazole rings is 2. The van der Waals surface area contributed by atoms with Crippen LogP contribution >= 0.6 is 38.4 Å². The zero-order chi connectivity index (χ0) is 47.6. The first kappa shape index (κ1) is 51.2. The second-order valence-corrected chi connectivity index (χ2v) is 18.0. The highest BCUT2D eigenvalue weighted by atomic mass is 35.5. The first-order valence-corrected chi connectivity index (χ1v) is 23.4. The van der Waals surface area contributed by atoms with Gasteiger partial charge in [0.25, 0.3) is 11.8 Å². The van der Waals surface area contributed by atoms with Crippen LogP contribution in [0.25, 0.3) is 22.3 Å². The van der Waals surface area contributed by atoms with E-state index in [1.54, 1.807) is 27.7 Å². The Balaban J connectivity index is 0.000000241. The van der Waals surface area contributed by atoms with E-state index >= 15 is 0 Å². The summed E-state index contributed by atoms with van der Waals surface area (Å²) in [5.41, 5.74) is 12.2. The van der Waals surface area contributed by atoms with Crippen molar-refractivity contribution in [2.24, 2.45) is 0 Å². The molecule has 12 N–H and O–H groups in total. The molecule has 2 saturated heterocycles. The van der Waals surface area contributed by atoms with Crippen molar-refractivity contribution >= 4 is 84.2 Å². The fourth-order valence-electron chi connectivity index (χ4n) is 6.77. The molecule has 2 aliphatic heterocycles. The van der Waals surface area contributed by atoms with Crippen molar-refractivity contribution in [3.05, 3.63) is 23.2 Å². The molecule has 0 bridgehead atoms. The third-order valence-electron chi connectivity index (χ3n) is 10.1. The quantitative estimate of drug-likeness (QED) is 0.0435. The molecule has 0 spiro atoms. The number of nitrogen functional groups attached to an aromatic ring is 2. The lowest BCUT2D eigenvalue weighted by atomic mass is 10.1. The molecule has 28 nitrogen and oxygen atoms in total. The van der Waals surface area contributed by atoms with Gasteiger partial charge < -0.3 is 80.2 Å². The van der Waals surface area contributed by atoms with Gasteiger partial charge in [0, 0.05) is 26.2 Å². The Morgan fingerprint density at radius 3 is 1.30 bits per heavy atom. The molecule has 4 aromatic heterocycles. The van der Waals surface area contributed by atoms with E-state index < -0.39 is 101 Å². The summed E-state index contributed by atoms with van der Waals surface area (Å²) in [4.78, 5) is 89.4. The number of hydrogen-bond acceptors (Lipinski definition) is 20. The lowest BCUT2D eigenvalue weighted by Gasteiger charge is -2.26. The number of rotatable bonds is 16. The molecule has 4 aromatic rings. The Kier molecular flexibility index (Phi) is 16.6. The number of likely N-dealkylation sites (N-methyl/N-ethyl adjacent to an activating group) is 2. The number of nitrogens with two attached hydrogens (primary N) is 2. The molecule has 2 amide bonds. The van der Waals surface area contributed by atoms with Gasteiger partial charge in [-0.25, -0.2) is 9.97 Å². The Labute approximate surface area is 372 Å². The summed E-state index contributed by atoms with van der Waals surface area (Å²) in [6, 6.07) is 0. The molecule has 0 aliphatic carbocycles. The van der Waals surface area contributed by atoms with Crippen LogP contribution in [-0.4, -0.2) is 188 Å². The second-order valence-electron chi connectivity index (χ2n) is 14.1. The van der Waals surface area contributed by atoms with Crippen LogP contribution < -0.4 is 11.5 Å². The first-order valence-electron chi connectivity index (χ1n) is 19.2. The number of fused-ring (bicyclic) bond motifs is 2. The maximum atomic E-state index is 12.5. The smallest absolute Gasteiger partial charge is 0.363 e. The normalized spacial score (nSPS) is 24.7. The molecule has 64 heavy (non-hydrogen) atoms. The van der Waals surface area contributed by atoms with Crippen molar-refractivity contribution in [3.8, 4) is 0 Å².